The molecule has 0 saturated heterocycles. The summed E-state index contributed by atoms with van der Waals surface area (Å²) in [5.41, 5.74) is 2.33. The molecule has 0 aliphatic carbocycles. The van der Waals surface area contributed by atoms with Crippen molar-refractivity contribution < 1.29 is 0 Å². The molecule has 0 radical (unpaired) electrons. The Hall–Kier alpha value is -0.463. The number of hydrogen-bond acceptors (Lipinski definition) is 2. The Bertz CT molecular complexity index is 1100. The quantitative estimate of drug-likeness (QED) is 0.210. The molecule has 0 fully saturated rings. The van der Waals surface area contributed by atoms with Gasteiger partial charge in [0.15, 0.2) is 0 Å². The molecule has 5 heteroatoms. The highest BCUT2D eigenvalue weighted by molar-refractivity contribution is 9.10. The Balaban J connectivity index is 0.000000212. The van der Waals surface area contributed by atoms with Crippen LogP contribution >= 0.6 is 54.5 Å². The van der Waals surface area contributed by atoms with Gasteiger partial charge in [-0.2, -0.15) is 0 Å². The van der Waals surface area contributed by atoms with Crippen molar-refractivity contribution in [1.29, 1.82) is 0 Å². The van der Waals surface area contributed by atoms with E-state index in [4.69, 9.17) is 0 Å². The lowest BCUT2D eigenvalue weighted by Gasteiger charge is -2.42. The minimum atomic E-state index is -1.50. The molecule has 160 valence electrons. The molecule has 0 unspecified atom stereocenters. The molecule has 0 saturated carbocycles. The second kappa shape index (κ2) is 9.99. The lowest BCUT2D eigenvalue weighted by Crippen LogP contribution is -2.54. The van der Waals surface area contributed by atoms with E-state index >= 15 is 0 Å². The predicted molar refractivity (Wildman–Crippen MR) is 150 cm³/mol. The second-order valence-electron chi connectivity index (χ2n) is 8.79. The van der Waals surface area contributed by atoms with Crippen LogP contribution in [0.2, 0.25) is 16.6 Å². The molecular weight excluding hydrogens is 552 g/mol. The average molecular weight is 583 g/mol. The van der Waals surface area contributed by atoms with Crippen LogP contribution in [0.4, 0.5) is 0 Å². The van der Waals surface area contributed by atoms with Crippen molar-refractivity contribution in [3.63, 3.8) is 0 Å². The summed E-state index contributed by atoms with van der Waals surface area (Å²) in [6, 6.07) is 17.6. The molecular formula is C25H30Br2S2Si. The minimum absolute atomic E-state index is 0.777. The zero-order valence-electron chi connectivity index (χ0n) is 18.5. The zero-order chi connectivity index (χ0) is 22.1. The Kier molecular flexibility index (Phi) is 8.05. The van der Waals surface area contributed by atoms with E-state index in [0.29, 0.717) is 0 Å². The van der Waals surface area contributed by atoms with Crippen molar-refractivity contribution in [3.05, 3.63) is 62.9 Å². The maximum absolute atomic E-state index is 3.60. The summed E-state index contributed by atoms with van der Waals surface area (Å²) in [5.74, 6) is 0. The van der Waals surface area contributed by atoms with Crippen LogP contribution in [-0.4, -0.2) is 8.07 Å². The van der Waals surface area contributed by atoms with Crippen molar-refractivity contribution in [3.8, 4) is 0 Å². The topological polar surface area (TPSA) is 0 Å². The highest BCUT2D eigenvalue weighted by atomic mass is 79.9. The average Bonchev–Trinajstić information content (AvgIpc) is 3.27. The molecule has 0 aliphatic heterocycles. The van der Waals surface area contributed by atoms with Crippen LogP contribution in [0, 0.1) is 0 Å². The summed E-state index contributed by atoms with van der Waals surface area (Å²) >= 11 is 10.8. The third kappa shape index (κ3) is 4.80. The van der Waals surface area contributed by atoms with Gasteiger partial charge < -0.3 is 0 Å². The normalized spacial score (nSPS) is 12.2. The van der Waals surface area contributed by atoms with Gasteiger partial charge in [0.25, 0.3) is 0 Å². The first kappa shape index (κ1) is 24.2. The Labute approximate surface area is 207 Å². The van der Waals surface area contributed by atoms with E-state index in [-0.39, 0.29) is 0 Å². The van der Waals surface area contributed by atoms with Gasteiger partial charge in [-0.3, -0.25) is 0 Å². The summed E-state index contributed by atoms with van der Waals surface area (Å²) in [7, 11) is -1.50. The molecule has 0 nitrogen and oxygen atoms in total. The number of hydrogen-bond donors (Lipinski definition) is 0. The van der Waals surface area contributed by atoms with Crippen molar-refractivity contribution >= 4 is 87.3 Å². The van der Waals surface area contributed by atoms with E-state index in [9.17, 15) is 0 Å². The van der Waals surface area contributed by atoms with E-state index in [0.717, 1.165) is 21.1 Å². The standard InChI is InChI=1S/C17H25BrSSi.C8H5BrS/c1-11(2)20(12(3)4,13(5)6)17-9-14-7-8-15(18)10-16(14)19-17;9-7-2-1-6-3-4-10-8(6)5-7/h7-13H,1-6H3;1-5H. The Morgan fingerprint density at radius 3 is 1.77 bits per heavy atom. The SMILES string of the molecule is Brc1ccc2ccsc2c1.CC(C)[Si](c1cc2ccc(Br)cc2s1)(C(C)C)C(C)C. The highest BCUT2D eigenvalue weighted by Crippen LogP contribution is 2.43. The molecule has 4 aromatic rings. The number of rotatable bonds is 4. The molecule has 30 heavy (non-hydrogen) atoms. The van der Waals surface area contributed by atoms with Crippen molar-refractivity contribution in [2.24, 2.45) is 0 Å². The number of thiophene rings is 2. The fraction of sp³-hybridized carbons (Fsp3) is 0.360. The monoisotopic (exact) mass is 580 g/mol. The first-order valence-electron chi connectivity index (χ1n) is 10.5. The Morgan fingerprint density at radius 2 is 1.20 bits per heavy atom. The molecule has 0 aliphatic rings. The van der Waals surface area contributed by atoms with Gasteiger partial charge in [-0.1, -0.05) is 85.5 Å². The largest absolute Gasteiger partial charge is 0.145 e. The van der Waals surface area contributed by atoms with Gasteiger partial charge in [0.1, 0.15) is 8.07 Å². The van der Waals surface area contributed by atoms with Crippen molar-refractivity contribution in [2.75, 3.05) is 0 Å². The van der Waals surface area contributed by atoms with E-state index in [1.807, 2.05) is 11.3 Å². The van der Waals surface area contributed by atoms with Crippen LogP contribution in [0.25, 0.3) is 20.2 Å². The van der Waals surface area contributed by atoms with Gasteiger partial charge in [0, 0.05) is 18.3 Å². The maximum Gasteiger partial charge on any atom is 0.107 e. The smallest absolute Gasteiger partial charge is 0.107 e. The maximum atomic E-state index is 3.60. The van der Waals surface area contributed by atoms with Crippen LogP contribution in [-0.2, 0) is 0 Å². The van der Waals surface area contributed by atoms with Gasteiger partial charge in [0.2, 0.25) is 0 Å². The van der Waals surface area contributed by atoms with Crippen LogP contribution < -0.4 is 4.50 Å². The molecule has 4 rings (SSSR count). The molecule has 0 amide bonds. The fourth-order valence-corrected chi connectivity index (χ4v) is 17.0. The summed E-state index contributed by atoms with van der Waals surface area (Å²) in [6.45, 7) is 14.6. The summed E-state index contributed by atoms with van der Waals surface area (Å²) in [5, 5.41) is 4.84. The van der Waals surface area contributed by atoms with Crippen LogP contribution in [0.3, 0.4) is 0 Å². The fourth-order valence-electron chi connectivity index (χ4n) is 5.00. The first-order chi connectivity index (χ1) is 14.2. The predicted octanol–water partition coefficient (Wildman–Crippen LogP) is 10.2. The number of benzene rings is 2. The number of fused-ring (bicyclic) bond motifs is 2. The molecule has 0 N–H and O–H groups in total. The zero-order valence-corrected chi connectivity index (χ0v) is 24.3. The molecule has 0 spiro atoms. The van der Waals surface area contributed by atoms with Gasteiger partial charge in [-0.15, -0.1) is 22.7 Å². The molecule has 2 aromatic carbocycles. The highest BCUT2D eigenvalue weighted by Gasteiger charge is 2.45. The second-order valence-corrected chi connectivity index (χ2v) is 18.9. The first-order valence-corrected chi connectivity index (χ1v) is 16.0. The number of halogens is 2. The van der Waals surface area contributed by atoms with Crippen LogP contribution in [0.15, 0.2) is 62.9 Å². The lowest BCUT2D eigenvalue weighted by molar-refractivity contribution is 0.837. The van der Waals surface area contributed by atoms with Gasteiger partial charge in [-0.05, 0) is 73.7 Å². The van der Waals surface area contributed by atoms with Crippen molar-refractivity contribution in [2.45, 2.75) is 58.2 Å². The summed E-state index contributed by atoms with van der Waals surface area (Å²) in [4.78, 5) is 0. The third-order valence-electron chi connectivity index (χ3n) is 6.19. The molecule has 2 aromatic heterocycles. The van der Waals surface area contributed by atoms with Gasteiger partial charge in [-0.25, -0.2) is 0 Å². The van der Waals surface area contributed by atoms with E-state index in [1.54, 1.807) is 15.8 Å². The molecule has 0 bridgehead atoms. The summed E-state index contributed by atoms with van der Waals surface area (Å²) in [6.07, 6.45) is 0. The van der Waals surface area contributed by atoms with Crippen molar-refractivity contribution in [1.82, 2.24) is 0 Å². The van der Waals surface area contributed by atoms with Gasteiger partial charge in [0.05, 0.1) is 0 Å². The van der Waals surface area contributed by atoms with E-state index in [1.165, 1.54) is 24.6 Å². The third-order valence-corrected chi connectivity index (χ3v) is 17.1. The van der Waals surface area contributed by atoms with Gasteiger partial charge >= 0.3 is 0 Å². The molecule has 0 atom stereocenters. The molecule has 2 heterocycles. The minimum Gasteiger partial charge on any atom is -0.145 e. The Morgan fingerprint density at radius 1 is 0.667 bits per heavy atom. The summed E-state index contributed by atoms with van der Waals surface area (Å²) < 4.78 is 6.79. The van der Waals surface area contributed by atoms with Crippen LogP contribution in [0.5, 0.6) is 0 Å². The van der Waals surface area contributed by atoms with Crippen LogP contribution in [0.1, 0.15) is 41.5 Å². The van der Waals surface area contributed by atoms with E-state index in [2.05, 4.69) is 127 Å². The van der Waals surface area contributed by atoms with E-state index < -0.39 is 8.07 Å². The lowest BCUT2D eigenvalue weighted by atomic mass is 10.3.